The quantitative estimate of drug-likeness (QED) is 0.404. The van der Waals surface area contributed by atoms with E-state index in [0.717, 1.165) is 55.8 Å². The Morgan fingerprint density at radius 1 is 0.912 bits per heavy atom. The third kappa shape index (κ3) is 5.26. The topological polar surface area (TPSA) is 29.5 Å². The predicted octanol–water partition coefficient (Wildman–Crippen LogP) is 6.59. The van der Waals surface area contributed by atoms with Crippen LogP contribution in [0.1, 0.15) is 64.2 Å². The van der Waals surface area contributed by atoms with Gasteiger partial charge in [0.1, 0.15) is 12.4 Å². The fourth-order valence-corrected chi connectivity index (χ4v) is 5.55. The number of nitrogens with zero attached hydrogens (tertiary/aromatic N) is 1. The molecule has 1 atom stereocenters. The maximum Gasteiger partial charge on any atom is 0.166 e. The van der Waals surface area contributed by atoms with Crippen molar-refractivity contribution in [2.24, 2.45) is 5.92 Å². The first-order valence-corrected chi connectivity index (χ1v) is 12.8. The zero-order valence-electron chi connectivity index (χ0n) is 20.2. The van der Waals surface area contributed by atoms with Crippen molar-refractivity contribution in [3.05, 3.63) is 101 Å². The summed E-state index contributed by atoms with van der Waals surface area (Å²) in [6.07, 6.45) is 5.32. The zero-order chi connectivity index (χ0) is 23.3. The molecule has 0 radical (unpaired) electrons. The Balaban J connectivity index is 1.12. The minimum atomic E-state index is 0.151. The van der Waals surface area contributed by atoms with Gasteiger partial charge in [0.05, 0.1) is 0 Å². The number of aryl methyl sites for hydroxylation is 2. The summed E-state index contributed by atoms with van der Waals surface area (Å²) in [6, 6.07) is 25.2. The fraction of sp³-hybridized carbons (Fsp3) is 0.387. The zero-order valence-corrected chi connectivity index (χ0v) is 20.2. The first-order valence-electron chi connectivity index (χ1n) is 12.8. The average molecular weight is 454 g/mol. The molecule has 1 unspecified atom stereocenters. The Morgan fingerprint density at radius 2 is 1.68 bits per heavy atom. The summed E-state index contributed by atoms with van der Waals surface area (Å²) >= 11 is 0. The molecule has 0 amide bonds. The van der Waals surface area contributed by atoms with Crippen molar-refractivity contribution in [2.75, 3.05) is 19.6 Å². The molecule has 1 fully saturated rings. The molecule has 0 spiro atoms. The van der Waals surface area contributed by atoms with E-state index in [9.17, 15) is 4.79 Å². The standard InChI is InChI=1S/C31H35NO2/c1-23-7-5-6-10-28(23)22-34-29-13-14-30-27(21-29)12-11-26(31(30)33)17-20-32-18-15-25(16-19-32)24-8-3-2-4-9-24/h2-10,13-14,21,25-26H,11-12,15-20,22H2,1H3. The molecule has 1 aliphatic carbocycles. The third-order valence-corrected chi connectivity index (χ3v) is 7.78. The number of ketones is 1. The number of carbonyl (C=O) groups is 1. The summed E-state index contributed by atoms with van der Waals surface area (Å²) in [5.41, 5.74) is 5.96. The molecule has 3 nitrogen and oxygen atoms in total. The van der Waals surface area contributed by atoms with E-state index >= 15 is 0 Å². The number of hydrogen-bond donors (Lipinski definition) is 0. The molecule has 0 bridgehead atoms. The third-order valence-electron chi connectivity index (χ3n) is 7.78. The van der Waals surface area contributed by atoms with E-state index in [1.807, 2.05) is 24.3 Å². The SMILES string of the molecule is Cc1ccccc1COc1ccc2c(c1)CCC(CCN1CCC(c3ccccc3)CC1)C2=O. The first kappa shape index (κ1) is 22.9. The molecule has 1 heterocycles. The molecule has 0 saturated carbocycles. The van der Waals surface area contributed by atoms with Crippen LogP contribution in [-0.4, -0.2) is 30.3 Å². The summed E-state index contributed by atoms with van der Waals surface area (Å²) in [5, 5.41) is 0. The van der Waals surface area contributed by atoms with Crippen molar-refractivity contribution in [1.29, 1.82) is 0 Å². The molecule has 3 aromatic carbocycles. The van der Waals surface area contributed by atoms with Crippen LogP contribution in [0.3, 0.4) is 0 Å². The van der Waals surface area contributed by atoms with Gasteiger partial charge in [-0.3, -0.25) is 4.79 Å². The van der Waals surface area contributed by atoms with E-state index in [0.29, 0.717) is 18.3 Å². The van der Waals surface area contributed by atoms with Crippen LogP contribution in [0.5, 0.6) is 5.75 Å². The monoisotopic (exact) mass is 453 g/mol. The Labute approximate surface area is 203 Å². The number of Topliss-reactive ketones (excluding diaryl/α,β-unsaturated/α-hetero) is 1. The second kappa shape index (κ2) is 10.6. The second-order valence-corrected chi connectivity index (χ2v) is 9.95. The summed E-state index contributed by atoms with van der Waals surface area (Å²) in [6.45, 7) is 5.97. The van der Waals surface area contributed by atoms with Gasteiger partial charge < -0.3 is 9.64 Å². The van der Waals surface area contributed by atoms with Gasteiger partial charge in [-0.15, -0.1) is 0 Å². The van der Waals surface area contributed by atoms with Gasteiger partial charge in [0.2, 0.25) is 0 Å². The van der Waals surface area contributed by atoms with Crippen LogP contribution in [0.2, 0.25) is 0 Å². The van der Waals surface area contributed by atoms with E-state index in [1.165, 1.54) is 29.5 Å². The number of rotatable bonds is 7. The summed E-state index contributed by atoms with van der Waals surface area (Å²) < 4.78 is 6.05. The first-order chi connectivity index (χ1) is 16.7. The number of benzene rings is 3. The minimum Gasteiger partial charge on any atom is -0.489 e. The molecule has 0 aromatic heterocycles. The Morgan fingerprint density at radius 3 is 2.47 bits per heavy atom. The maximum atomic E-state index is 13.2. The van der Waals surface area contributed by atoms with Crippen LogP contribution < -0.4 is 4.74 Å². The molecular weight excluding hydrogens is 418 g/mol. The molecule has 3 heteroatoms. The highest BCUT2D eigenvalue weighted by Gasteiger charge is 2.29. The number of fused-ring (bicyclic) bond motifs is 1. The average Bonchev–Trinajstić information content (AvgIpc) is 2.89. The minimum absolute atomic E-state index is 0.151. The van der Waals surface area contributed by atoms with Gasteiger partial charge in [-0.25, -0.2) is 0 Å². The van der Waals surface area contributed by atoms with Gasteiger partial charge in [-0.1, -0.05) is 54.6 Å². The van der Waals surface area contributed by atoms with Crippen LogP contribution in [0.4, 0.5) is 0 Å². The van der Waals surface area contributed by atoms with Gasteiger partial charge in [0, 0.05) is 11.5 Å². The van der Waals surface area contributed by atoms with Crippen molar-refractivity contribution >= 4 is 5.78 Å². The lowest BCUT2D eigenvalue weighted by molar-refractivity contribution is 0.0877. The number of ether oxygens (including phenoxy) is 1. The van der Waals surface area contributed by atoms with E-state index in [-0.39, 0.29) is 5.92 Å². The molecular formula is C31H35NO2. The van der Waals surface area contributed by atoms with Gasteiger partial charge in [0.15, 0.2) is 5.78 Å². The highest BCUT2D eigenvalue weighted by Crippen LogP contribution is 2.32. The number of likely N-dealkylation sites (tertiary alicyclic amines) is 1. The molecule has 34 heavy (non-hydrogen) atoms. The van der Waals surface area contributed by atoms with Gasteiger partial charge in [-0.05, 0) is 105 Å². The van der Waals surface area contributed by atoms with Crippen molar-refractivity contribution in [3.8, 4) is 5.75 Å². The van der Waals surface area contributed by atoms with Gasteiger partial charge in [0.25, 0.3) is 0 Å². The Bertz CT molecular complexity index is 1120. The summed E-state index contributed by atoms with van der Waals surface area (Å²) in [7, 11) is 0. The Hall–Kier alpha value is -2.91. The van der Waals surface area contributed by atoms with Crippen LogP contribution in [0.15, 0.2) is 72.8 Å². The predicted molar refractivity (Wildman–Crippen MR) is 138 cm³/mol. The summed E-state index contributed by atoms with van der Waals surface area (Å²) in [5.74, 6) is 2.02. The molecule has 176 valence electrons. The molecule has 3 aromatic rings. The van der Waals surface area contributed by atoms with E-state index < -0.39 is 0 Å². The lowest BCUT2D eigenvalue weighted by Crippen LogP contribution is -2.35. The molecule has 5 rings (SSSR count). The highest BCUT2D eigenvalue weighted by molar-refractivity contribution is 6.00. The van der Waals surface area contributed by atoms with Gasteiger partial charge in [-0.2, -0.15) is 0 Å². The Kier molecular flexibility index (Phi) is 7.10. The van der Waals surface area contributed by atoms with E-state index in [4.69, 9.17) is 4.74 Å². The van der Waals surface area contributed by atoms with Crippen molar-refractivity contribution in [2.45, 2.75) is 51.6 Å². The van der Waals surface area contributed by atoms with Crippen molar-refractivity contribution in [3.63, 3.8) is 0 Å². The number of piperidine rings is 1. The van der Waals surface area contributed by atoms with Crippen molar-refractivity contribution < 1.29 is 9.53 Å². The lowest BCUT2D eigenvalue weighted by atomic mass is 9.80. The van der Waals surface area contributed by atoms with E-state index in [2.05, 4.69) is 60.4 Å². The lowest BCUT2D eigenvalue weighted by Gasteiger charge is -2.33. The van der Waals surface area contributed by atoms with Crippen LogP contribution in [-0.2, 0) is 13.0 Å². The molecule has 2 aliphatic rings. The smallest absolute Gasteiger partial charge is 0.166 e. The van der Waals surface area contributed by atoms with Crippen LogP contribution in [0, 0.1) is 12.8 Å². The molecule has 1 saturated heterocycles. The van der Waals surface area contributed by atoms with E-state index in [1.54, 1.807) is 0 Å². The highest BCUT2D eigenvalue weighted by atomic mass is 16.5. The van der Waals surface area contributed by atoms with Crippen LogP contribution >= 0.6 is 0 Å². The normalized spacial score (nSPS) is 19.1. The number of hydrogen-bond acceptors (Lipinski definition) is 3. The summed E-state index contributed by atoms with van der Waals surface area (Å²) in [4.78, 5) is 15.8. The maximum absolute atomic E-state index is 13.2. The molecule has 0 N–H and O–H groups in total. The molecule has 1 aliphatic heterocycles. The number of carbonyl (C=O) groups excluding carboxylic acids is 1. The largest absolute Gasteiger partial charge is 0.489 e. The van der Waals surface area contributed by atoms with Crippen molar-refractivity contribution in [1.82, 2.24) is 4.90 Å². The second-order valence-electron chi connectivity index (χ2n) is 9.95. The van der Waals surface area contributed by atoms with Crippen LogP contribution in [0.25, 0.3) is 0 Å². The fourth-order valence-electron chi connectivity index (χ4n) is 5.55. The van der Waals surface area contributed by atoms with Gasteiger partial charge >= 0.3 is 0 Å².